The van der Waals surface area contributed by atoms with Crippen molar-refractivity contribution in [1.29, 1.82) is 0 Å². The summed E-state index contributed by atoms with van der Waals surface area (Å²) in [5.41, 5.74) is 3.42. The maximum Gasteiger partial charge on any atom is 0.338 e. The molecule has 5 heteroatoms. The van der Waals surface area contributed by atoms with Crippen LogP contribution in [0.1, 0.15) is 42.1 Å². The van der Waals surface area contributed by atoms with Crippen molar-refractivity contribution in [2.24, 2.45) is 4.99 Å². The van der Waals surface area contributed by atoms with Crippen LogP contribution in [0.15, 0.2) is 47.5 Å². The molecule has 0 unspecified atom stereocenters. The molecular formula is C22H26N2O3. The predicted molar refractivity (Wildman–Crippen MR) is 109 cm³/mol. The number of carbonyl (C=O) groups excluding carboxylic acids is 1. The van der Waals surface area contributed by atoms with Crippen LogP contribution in [0.5, 0.6) is 5.75 Å². The van der Waals surface area contributed by atoms with Gasteiger partial charge in [0.25, 0.3) is 0 Å². The lowest BCUT2D eigenvalue weighted by atomic mass is 10.1. The first-order chi connectivity index (χ1) is 13.2. The van der Waals surface area contributed by atoms with E-state index in [1.165, 1.54) is 24.9 Å². The van der Waals surface area contributed by atoms with Crippen LogP contribution < -0.4 is 9.64 Å². The van der Waals surface area contributed by atoms with E-state index >= 15 is 0 Å². The first-order valence-electron chi connectivity index (χ1n) is 9.45. The molecule has 5 nitrogen and oxygen atoms in total. The van der Waals surface area contributed by atoms with Crippen molar-refractivity contribution in [2.45, 2.75) is 26.2 Å². The maximum atomic E-state index is 11.7. The summed E-state index contributed by atoms with van der Waals surface area (Å²) in [7, 11) is 1.68. The summed E-state index contributed by atoms with van der Waals surface area (Å²) in [6.45, 7) is 4.36. The quantitative estimate of drug-likeness (QED) is 0.553. The molecule has 2 aromatic rings. The molecule has 0 amide bonds. The molecule has 1 heterocycles. The van der Waals surface area contributed by atoms with Gasteiger partial charge in [0.15, 0.2) is 0 Å². The summed E-state index contributed by atoms with van der Waals surface area (Å²) >= 11 is 0. The monoisotopic (exact) mass is 366 g/mol. The molecule has 0 aromatic heterocycles. The molecule has 27 heavy (non-hydrogen) atoms. The second-order valence-electron chi connectivity index (χ2n) is 6.50. The van der Waals surface area contributed by atoms with E-state index in [0.29, 0.717) is 12.2 Å². The van der Waals surface area contributed by atoms with E-state index in [2.05, 4.69) is 22.0 Å². The Hall–Kier alpha value is -2.82. The Morgan fingerprint density at radius 3 is 2.52 bits per heavy atom. The smallest absolute Gasteiger partial charge is 0.338 e. The Morgan fingerprint density at radius 1 is 1.11 bits per heavy atom. The highest BCUT2D eigenvalue weighted by Gasteiger charge is 2.13. The fourth-order valence-corrected chi connectivity index (χ4v) is 3.20. The van der Waals surface area contributed by atoms with Crippen LogP contribution in [0.2, 0.25) is 0 Å². The third kappa shape index (κ3) is 4.88. The van der Waals surface area contributed by atoms with Gasteiger partial charge in [-0.1, -0.05) is 0 Å². The van der Waals surface area contributed by atoms with Crippen LogP contribution in [0, 0.1) is 0 Å². The van der Waals surface area contributed by atoms with Crippen LogP contribution in [0.3, 0.4) is 0 Å². The van der Waals surface area contributed by atoms with Gasteiger partial charge in [-0.05, 0) is 62.6 Å². The third-order valence-electron chi connectivity index (χ3n) is 4.67. The minimum Gasteiger partial charge on any atom is -0.496 e. The van der Waals surface area contributed by atoms with Crippen molar-refractivity contribution in [3.05, 3.63) is 53.6 Å². The second-order valence-corrected chi connectivity index (χ2v) is 6.50. The Morgan fingerprint density at radius 2 is 1.85 bits per heavy atom. The van der Waals surface area contributed by atoms with E-state index in [9.17, 15) is 4.79 Å². The molecule has 142 valence electrons. The van der Waals surface area contributed by atoms with Crippen molar-refractivity contribution in [2.75, 3.05) is 31.7 Å². The molecule has 0 atom stereocenters. The summed E-state index contributed by atoms with van der Waals surface area (Å²) in [6.07, 6.45) is 5.59. The Bertz CT molecular complexity index is 794. The van der Waals surface area contributed by atoms with E-state index in [1.54, 1.807) is 44.5 Å². The molecule has 0 spiro atoms. The molecule has 0 N–H and O–H groups in total. The number of piperidine rings is 1. The van der Waals surface area contributed by atoms with Crippen molar-refractivity contribution in [1.82, 2.24) is 0 Å². The lowest BCUT2D eigenvalue weighted by Gasteiger charge is -2.29. The topological polar surface area (TPSA) is 51.1 Å². The number of nitrogens with zero attached hydrogens (tertiary/aromatic N) is 2. The summed E-state index contributed by atoms with van der Waals surface area (Å²) in [5, 5.41) is 0. The van der Waals surface area contributed by atoms with E-state index in [1.807, 2.05) is 6.07 Å². The van der Waals surface area contributed by atoms with Crippen molar-refractivity contribution < 1.29 is 14.3 Å². The van der Waals surface area contributed by atoms with Crippen LogP contribution in [0.25, 0.3) is 0 Å². The van der Waals surface area contributed by atoms with Gasteiger partial charge in [-0.25, -0.2) is 4.79 Å². The van der Waals surface area contributed by atoms with Gasteiger partial charge in [0, 0.05) is 36.6 Å². The van der Waals surface area contributed by atoms with Gasteiger partial charge < -0.3 is 14.4 Å². The fourth-order valence-electron chi connectivity index (χ4n) is 3.20. The number of hydrogen-bond donors (Lipinski definition) is 0. The Balaban J connectivity index is 1.73. The number of carbonyl (C=O) groups is 1. The van der Waals surface area contributed by atoms with Gasteiger partial charge in [-0.3, -0.25) is 4.99 Å². The van der Waals surface area contributed by atoms with Crippen LogP contribution >= 0.6 is 0 Å². The minimum absolute atomic E-state index is 0.317. The largest absolute Gasteiger partial charge is 0.496 e. The van der Waals surface area contributed by atoms with Crippen molar-refractivity contribution in [3.63, 3.8) is 0 Å². The number of benzene rings is 2. The van der Waals surface area contributed by atoms with E-state index in [4.69, 9.17) is 9.47 Å². The predicted octanol–water partition coefficient (Wildman–Crippen LogP) is 4.61. The van der Waals surface area contributed by atoms with Crippen LogP contribution in [0.4, 0.5) is 11.4 Å². The number of aliphatic imine (C=N–C) groups is 1. The van der Waals surface area contributed by atoms with Gasteiger partial charge in [0.05, 0.1) is 25.0 Å². The van der Waals surface area contributed by atoms with Crippen LogP contribution in [-0.2, 0) is 4.74 Å². The van der Waals surface area contributed by atoms with Crippen molar-refractivity contribution in [3.8, 4) is 5.75 Å². The summed E-state index contributed by atoms with van der Waals surface area (Å²) in [4.78, 5) is 18.6. The summed E-state index contributed by atoms with van der Waals surface area (Å²) < 4.78 is 10.6. The second kappa shape index (κ2) is 9.21. The van der Waals surface area contributed by atoms with Gasteiger partial charge in [0.1, 0.15) is 5.75 Å². The normalized spacial score (nSPS) is 14.4. The standard InChI is InChI=1S/C22H26N2O3/c1-3-27-22(25)17-7-10-19(11-8-17)23-16-18-9-12-20(15-21(18)26-2)24-13-5-4-6-14-24/h7-12,15-16H,3-6,13-14H2,1-2H3. The van der Waals surface area contributed by atoms with Gasteiger partial charge in [0.2, 0.25) is 0 Å². The molecule has 3 rings (SSSR count). The minimum atomic E-state index is -0.317. The zero-order chi connectivity index (χ0) is 19.1. The molecule has 0 bridgehead atoms. The summed E-state index contributed by atoms with van der Waals surface area (Å²) in [6, 6.07) is 13.3. The molecule has 1 fully saturated rings. The summed E-state index contributed by atoms with van der Waals surface area (Å²) in [5.74, 6) is 0.493. The number of ether oxygens (including phenoxy) is 2. The average Bonchev–Trinajstić information content (AvgIpc) is 2.73. The lowest BCUT2D eigenvalue weighted by Crippen LogP contribution is -2.29. The highest BCUT2D eigenvalue weighted by molar-refractivity contribution is 5.90. The molecule has 0 aliphatic carbocycles. The Kier molecular flexibility index (Phi) is 6.47. The third-order valence-corrected chi connectivity index (χ3v) is 4.67. The molecule has 0 radical (unpaired) electrons. The highest BCUT2D eigenvalue weighted by atomic mass is 16.5. The highest BCUT2D eigenvalue weighted by Crippen LogP contribution is 2.27. The molecule has 1 aliphatic rings. The lowest BCUT2D eigenvalue weighted by molar-refractivity contribution is 0.0526. The van der Waals surface area contributed by atoms with Gasteiger partial charge in [-0.2, -0.15) is 0 Å². The van der Waals surface area contributed by atoms with E-state index in [0.717, 1.165) is 30.1 Å². The maximum absolute atomic E-state index is 11.7. The molecular weight excluding hydrogens is 340 g/mol. The molecule has 1 saturated heterocycles. The van der Waals surface area contributed by atoms with E-state index < -0.39 is 0 Å². The van der Waals surface area contributed by atoms with Crippen molar-refractivity contribution >= 4 is 23.6 Å². The number of hydrogen-bond acceptors (Lipinski definition) is 5. The van der Waals surface area contributed by atoms with Crippen LogP contribution in [-0.4, -0.2) is 39.0 Å². The molecule has 1 aliphatic heterocycles. The first-order valence-corrected chi connectivity index (χ1v) is 9.45. The van der Waals surface area contributed by atoms with Gasteiger partial charge in [-0.15, -0.1) is 0 Å². The first kappa shape index (κ1) is 19.0. The number of esters is 1. The fraction of sp³-hybridized carbons (Fsp3) is 0.364. The van der Waals surface area contributed by atoms with Gasteiger partial charge >= 0.3 is 5.97 Å². The molecule has 2 aromatic carbocycles. The average molecular weight is 366 g/mol. The number of anilines is 1. The zero-order valence-electron chi connectivity index (χ0n) is 16.0. The Labute approximate surface area is 160 Å². The number of methoxy groups -OCH3 is 1. The molecule has 0 saturated carbocycles. The zero-order valence-corrected chi connectivity index (χ0v) is 16.0. The SMILES string of the molecule is CCOC(=O)c1ccc(N=Cc2ccc(N3CCCCC3)cc2OC)cc1. The number of rotatable bonds is 6. The van der Waals surface area contributed by atoms with E-state index in [-0.39, 0.29) is 5.97 Å².